The molecule has 1 aliphatic carbocycles. The number of thioether (sulfide) groups is 1. The van der Waals surface area contributed by atoms with Crippen LogP contribution < -0.4 is 10.2 Å². The molecule has 3 heterocycles. The van der Waals surface area contributed by atoms with Crippen molar-refractivity contribution in [3.63, 3.8) is 0 Å². The van der Waals surface area contributed by atoms with Crippen molar-refractivity contribution < 1.29 is 19.3 Å². The topological polar surface area (TPSA) is 135 Å². The van der Waals surface area contributed by atoms with Gasteiger partial charge in [-0.2, -0.15) is 0 Å². The number of hydrogen-bond acceptors (Lipinski definition) is 10. The Kier molecular flexibility index (Phi) is 7.99. The van der Waals surface area contributed by atoms with E-state index < -0.39 is 4.92 Å². The number of nitrogens with zero attached hydrogens (tertiary/aromatic N) is 4. The van der Waals surface area contributed by atoms with Gasteiger partial charge in [0.05, 0.1) is 48.2 Å². The number of imide groups is 1. The quantitative estimate of drug-likeness (QED) is 0.0963. The number of nitrogens with one attached hydrogen (secondary N) is 1. The van der Waals surface area contributed by atoms with E-state index in [0.717, 1.165) is 47.2 Å². The molecule has 3 aliphatic rings. The lowest BCUT2D eigenvalue weighted by Gasteiger charge is -2.19. The summed E-state index contributed by atoms with van der Waals surface area (Å²) in [6.07, 6.45) is 5.04. The molecule has 0 spiro atoms. The minimum absolute atomic E-state index is 0.109. The summed E-state index contributed by atoms with van der Waals surface area (Å²) in [5.41, 5.74) is 4.60. The fourth-order valence-electron chi connectivity index (χ4n) is 5.98. The van der Waals surface area contributed by atoms with Crippen LogP contribution in [-0.2, 0) is 14.4 Å². The molecule has 10 nitrogen and oxygen atoms in total. The number of anilines is 1. The number of fused-ring (bicyclic) bond motifs is 2. The highest BCUT2D eigenvalue weighted by Gasteiger charge is 2.48. The first kappa shape index (κ1) is 30.3. The zero-order valence-electron chi connectivity index (χ0n) is 24.8. The van der Waals surface area contributed by atoms with E-state index in [4.69, 9.17) is 0 Å². The van der Waals surface area contributed by atoms with Crippen LogP contribution in [0.1, 0.15) is 42.4 Å². The minimum atomic E-state index is -0.450. The SMILES string of the molecule is Cc1ccc(N=C2NC(=O)/C(=C/c3ccc(Sc4nc5ccc(N6C(=O)[C@H]7CCCC[C@@H]7C6=O)cc5s4)c([N+](=O)[O-])c3)S2)cc1C. The number of carbonyl (C=O) groups is 3. The van der Waals surface area contributed by atoms with Gasteiger partial charge < -0.3 is 5.32 Å². The maximum Gasteiger partial charge on any atom is 0.283 e. The molecule has 13 heteroatoms. The molecular formula is C33H27N5O5S3. The largest absolute Gasteiger partial charge is 0.300 e. The van der Waals surface area contributed by atoms with Crippen molar-refractivity contribution in [2.45, 2.75) is 48.8 Å². The van der Waals surface area contributed by atoms with E-state index in [9.17, 15) is 24.5 Å². The van der Waals surface area contributed by atoms with Crippen LogP contribution in [-0.4, -0.2) is 32.8 Å². The van der Waals surface area contributed by atoms with E-state index in [-0.39, 0.29) is 35.2 Å². The second kappa shape index (κ2) is 12.1. The van der Waals surface area contributed by atoms with E-state index in [1.807, 2.05) is 32.0 Å². The van der Waals surface area contributed by atoms with Crippen LogP contribution in [0.5, 0.6) is 0 Å². The second-order valence-corrected chi connectivity index (χ2v) is 14.8. The number of nitro benzene ring substituents is 1. The summed E-state index contributed by atoms with van der Waals surface area (Å²) >= 11 is 3.70. The summed E-state index contributed by atoms with van der Waals surface area (Å²) in [6, 6.07) is 15.9. The van der Waals surface area contributed by atoms with Gasteiger partial charge in [0.1, 0.15) is 0 Å². The Morgan fingerprint density at radius 3 is 2.48 bits per heavy atom. The van der Waals surface area contributed by atoms with Gasteiger partial charge in [-0.15, -0.1) is 11.3 Å². The van der Waals surface area contributed by atoms with E-state index in [2.05, 4.69) is 15.3 Å². The third-order valence-electron chi connectivity index (χ3n) is 8.50. The predicted molar refractivity (Wildman–Crippen MR) is 182 cm³/mol. The molecule has 3 amide bonds. The van der Waals surface area contributed by atoms with Crippen molar-refractivity contribution in [1.29, 1.82) is 0 Å². The number of rotatable bonds is 6. The molecule has 1 N–H and O–H groups in total. The van der Waals surface area contributed by atoms with Crippen LogP contribution in [0.25, 0.3) is 16.3 Å². The van der Waals surface area contributed by atoms with Crippen LogP contribution in [0.15, 0.2) is 73.7 Å². The lowest BCUT2D eigenvalue weighted by atomic mass is 9.81. The number of aryl methyl sites for hydroxylation is 2. The number of aromatic nitrogens is 1. The van der Waals surface area contributed by atoms with Gasteiger partial charge in [0.25, 0.3) is 11.6 Å². The van der Waals surface area contributed by atoms with Crippen molar-refractivity contribution in [3.8, 4) is 0 Å². The molecule has 1 aromatic heterocycles. The maximum absolute atomic E-state index is 13.1. The number of thiazole rings is 1. The molecule has 4 aromatic rings. The molecule has 1 saturated carbocycles. The summed E-state index contributed by atoms with van der Waals surface area (Å²) in [4.78, 5) is 61.8. The Hall–Kier alpha value is -4.33. The molecule has 232 valence electrons. The lowest BCUT2D eigenvalue weighted by molar-refractivity contribution is -0.387. The van der Waals surface area contributed by atoms with Gasteiger partial charge in [-0.1, -0.05) is 36.7 Å². The monoisotopic (exact) mass is 669 g/mol. The Morgan fingerprint density at radius 1 is 1.00 bits per heavy atom. The summed E-state index contributed by atoms with van der Waals surface area (Å²) < 4.78 is 1.37. The highest BCUT2D eigenvalue weighted by molar-refractivity contribution is 8.18. The van der Waals surface area contributed by atoms with Crippen molar-refractivity contribution >= 4 is 91.1 Å². The first-order valence-corrected chi connectivity index (χ1v) is 17.2. The number of amides is 3. The first-order valence-electron chi connectivity index (χ1n) is 14.8. The van der Waals surface area contributed by atoms with E-state index in [1.165, 1.54) is 45.8 Å². The minimum Gasteiger partial charge on any atom is -0.300 e. The Bertz CT molecular complexity index is 2010. The van der Waals surface area contributed by atoms with Crippen LogP contribution >= 0.6 is 34.9 Å². The van der Waals surface area contributed by atoms with Gasteiger partial charge in [-0.25, -0.2) is 9.98 Å². The van der Waals surface area contributed by atoms with Gasteiger partial charge in [0.2, 0.25) is 11.8 Å². The number of hydrogen-bond donors (Lipinski definition) is 1. The summed E-state index contributed by atoms with van der Waals surface area (Å²) in [6.45, 7) is 4.02. The maximum atomic E-state index is 13.1. The zero-order chi connectivity index (χ0) is 32.1. The molecule has 3 fully saturated rings. The normalized spacial score (nSPS) is 21.4. The molecule has 46 heavy (non-hydrogen) atoms. The highest BCUT2D eigenvalue weighted by atomic mass is 32.2. The van der Waals surface area contributed by atoms with Gasteiger partial charge in [0, 0.05) is 6.07 Å². The van der Waals surface area contributed by atoms with Gasteiger partial charge in [-0.3, -0.25) is 29.4 Å². The number of aliphatic imine (C=N–C) groups is 1. The molecule has 0 bridgehead atoms. The van der Waals surface area contributed by atoms with Gasteiger partial charge in [0.15, 0.2) is 9.51 Å². The standard InChI is InChI=1S/C33H27N5O5S3/c1-17-7-9-20(13-18(17)2)34-32-36-29(39)28(44-32)15-19-8-12-26(25(14-19)38(42)43)45-33-35-24-11-10-21(16-27(24)46-33)37-30(40)22-5-3-4-6-23(22)31(37)41/h7-16,22-23H,3-6H2,1-2H3,(H,34,36,39)/b28-15-/t22-,23-/m0/s1. The summed E-state index contributed by atoms with van der Waals surface area (Å²) in [7, 11) is 0. The molecule has 2 aliphatic heterocycles. The molecule has 0 unspecified atom stereocenters. The third kappa shape index (κ3) is 5.74. The van der Waals surface area contributed by atoms with E-state index in [1.54, 1.807) is 36.4 Å². The molecule has 2 atom stereocenters. The Labute approximate surface area is 276 Å². The van der Waals surface area contributed by atoms with Crippen molar-refractivity contribution in [2.75, 3.05) is 4.90 Å². The van der Waals surface area contributed by atoms with Crippen molar-refractivity contribution in [1.82, 2.24) is 10.3 Å². The molecule has 7 rings (SSSR count). The van der Waals surface area contributed by atoms with Crippen LogP contribution in [0.2, 0.25) is 0 Å². The lowest BCUT2D eigenvalue weighted by Crippen LogP contribution is -2.30. The average molecular weight is 670 g/mol. The fraction of sp³-hybridized carbons (Fsp3) is 0.242. The Morgan fingerprint density at radius 2 is 1.76 bits per heavy atom. The van der Waals surface area contributed by atoms with Crippen LogP contribution in [0.4, 0.5) is 17.1 Å². The first-order chi connectivity index (χ1) is 22.1. The van der Waals surface area contributed by atoms with Crippen LogP contribution in [0, 0.1) is 35.8 Å². The third-order valence-corrected chi connectivity index (χ3v) is 11.6. The van der Waals surface area contributed by atoms with Crippen molar-refractivity contribution in [2.24, 2.45) is 16.8 Å². The summed E-state index contributed by atoms with van der Waals surface area (Å²) in [5, 5.41) is 15.3. The van der Waals surface area contributed by atoms with E-state index >= 15 is 0 Å². The average Bonchev–Trinajstić information content (AvgIpc) is 3.67. The smallest absolute Gasteiger partial charge is 0.283 e. The number of nitro groups is 1. The van der Waals surface area contributed by atoms with Gasteiger partial charge >= 0.3 is 0 Å². The highest BCUT2D eigenvalue weighted by Crippen LogP contribution is 2.43. The molecule has 3 aromatic carbocycles. The summed E-state index contributed by atoms with van der Waals surface area (Å²) in [5.74, 6) is -1.04. The molecule has 2 saturated heterocycles. The second-order valence-electron chi connectivity index (χ2n) is 11.5. The number of benzene rings is 3. The Balaban J connectivity index is 1.11. The van der Waals surface area contributed by atoms with E-state index in [0.29, 0.717) is 36.1 Å². The van der Waals surface area contributed by atoms with Gasteiger partial charge in [-0.05, 0) is 97.6 Å². The zero-order valence-corrected chi connectivity index (χ0v) is 27.3. The predicted octanol–water partition coefficient (Wildman–Crippen LogP) is 7.54. The molecule has 0 radical (unpaired) electrons. The van der Waals surface area contributed by atoms with Crippen LogP contribution in [0.3, 0.4) is 0 Å². The number of amidine groups is 1. The molecular weight excluding hydrogens is 643 g/mol. The number of carbonyl (C=O) groups excluding carboxylic acids is 3. The fourth-order valence-corrected chi connectivity index (χ4v) is 8.97. The van der Waals surface area contributed by atoms with Crippen molar-refractivity contribution in [3.05, 3.63) is 86.3 Å².